The number of ether oxygens (including phenoxy) is 2. The molecule has 0 amide bonds. The average Bonchev–Trinajstić information content (AvgIpc) is 2.58. The van der Waals surface area contributed by atoms with Gasteiger partial charge in [0.2, 0.25) is 5.70 Å². The van der Waals surface area contributed by atoms with E-state index in [1.807, 2.05) is 0 Å². The van der Waals surface area contributed by atoms with Crippen LogP contribution in [-0.4, -0.2) is 24.8 Å². The van der Waals surface area contributed by atoms with E-state index in [0.29, 0.717) is 11.3 Å². The molecule has 1 aromatic carbocycles. The number of methoxy groups -OCH3 is 1. The summed E-state index contributed by atoms with van der Waals surface area (Å²) in [5, 5.41) is 17.8. The van der Waals surface area contributed by atoms with Crippen LogP contribution in [0, 0.1) is 0 Å². The Labute approximate surface area is 110 Å². The van der Waals surface area contributed by atoms with Crippen molar-refractivity contribution in [3.8, 4) is 5.75 Å². The Balaban J connectivity index is 2.48. The second-order valence-electron chi connectivity index (χ2n) is 3.84. The van der Waals surface area contributed by atoms with Crippen molar-refractivity contribution >= 4 is 11.7 Å². The van der Waals surface area contributed by atoms with Gasteiger partial charge in [-0.15, -0.1) is 5.11 Å². The van der Waals surface area contributed by atoms with E-state index in [1.165, 1.54) is 0 Å². The molecule has 0 unspecified atom stereocenters. The summed E-state index contributed by atoms with van der Waals surface area (Å²) in [5.41, 5.74) is 1.07. The minimum atomic E-state index is -0.688. The average molecular weight is 262 g/mol. The van der Waals surface area contributed by atoms with Gasteiger partial charge in [0.1, 0.15) is 5.75 Å². The predicted octanol–water partition coefficient (Wildman–Crippen LogP) is 2.45. The highest BCUT2D eigenvalue weighted by atomic mass is 16.5. The van der Waals surface area contributed by atoms with Gasteiger partial charge in [-0.1, -0.05) is 0 Å². The largest absolute Gasteiger partial charge is 0.505 e. The smallest absolute Gasteiger partial charge is 0.362 e. The fraction of sp³-hybridized carbons (Fsp3) is 0.308. The number of hydrogen-bond donors (Lipinski definition) is 1. The molecular formula is C13H14N2O4. The monoisotopic (exact) mass is 262 g/mol. The van der Waals surface area contributed by atoms with Crippen LogP contribution in [0.15, 0.2) is 34.1 Å². The summed E-state index contributed by atoms with van der Waals surface area (Å²) in [5.74, 6) is -0.258. The number of aliphatic hydroxyl groups excluding tert-OH is 1. The van der Waals surface area contributed by atoms with Crippen LogP contribution in [0.3, 0.4) is 0 Å². The lowest BCUT2D eigenvalue weighted by atomic mass is 10.0. The lowest BCUT2D eigenvalue weighted by Crippen LogP contribution is -2.08. The van der Waals surface area contributed by atoms with Gasteiger partial charge in [0.25, 0.3) is 0 Å². The fourth-order valence-electron chi connectivity index (χ4n) is 1.75. The van der Waals surface area contributed by atoms with Gasteiger partial charge in [-0.25, -0.2) is 4.79 Å². The van der Waals surface area contributed by atoms with E-state index in [-0.39, 0.29) is 24.6 Å². The third kappa shape index (κ3) is 2.57. The number of carbonyl (C=O) groups is 1. The van der Waals surface area contributed by atoms with E-state index >= 15 is 0 Å². The van der Waals surface area contributed by atoms with Crippen LogP contribution in [0.4, 0.5) is 0 Å². The third-order valence-corrected chi connectivity index (χ3v) is 2.67. The topological polar surface area (TPSA) is 80.5 Å². The highest BCUT2D eigenvalue weighted by Crippen LogP contribution is 2.28. The van der Waals surface area contributed by atoms with Crippen molar-refractivity contribution in [3.05, 3.63) is 35.0 Å². The molecule has 0 saturated heterocycles. The molecular weight excluding hydrogens is 248 g/mol. The molecule has 0 saturated carbocycles. The molecule has 0 aromatic heterocycles. The number of aliphatic hydroxyl groups is 1. The molecule has 6 nitrogen and oxygen atoms in total. The minimum absolute atomic E-state index is 0.175. The maximum Gasteiger partial charge on any atom is 0.362 e. The van der Waals surface area contributed by atoms with Crippen molar-refractivity contribution in [2.75, 3.05) is 13.7 Å². The van der Waals surface area contributed by atoms with E-state index < -0.39 is 5.97 Å². The van der Waals surface area contributed by atoms with Gasteiger partial charge in [0.15, 0.2) is 5.76 Å². The maximum atomic E-state index is 11.7. The van der Waals surface area contributed by atoms with Gasteiger partial charge in [0.05, 0.1) is 20.3 Å². The van der Waals surface area contributed by atoms with Gasteiger partial charge in [-0.2, -0.15) is 5.11 Å². The van der Waals surface area contributed by atoms with Crippen LogP contribution in [0.5, 0.6) is 5.75 Å². The van der Waals surface area contributed by atoms with Crippen LogP contribution in [0.25, 0.3) is 5.76 Å². The highest BCUT2D eigenvalue weighted by Gasteiger charge is 2.22. The molecule has 1 aliphatic rings. The number of azo groups is 1. The Kier molecular flexibility index (Phi) is 3.79. The molecule has 2 rings (SSSR count). The third-order valence-electron chi connectivity index (χ3n) is 2.67. The molecule has 0 bridgehead atoms. The molecule has 6 heteroatoms. The first kappa shape index (κ1) is 13.1. The zero-order valence-corrected chi connectivity index (χ0v) is 10.7. The Morgan fingerprint density at radius 1 is 1.47 bits per heavy atom. The summed E-state index contributed by atoms with van der Waals surface area (Å²) in [6.07, 6.45) is 0. The molecule has 0 aliphatic carbocycles. The van der Waals surface area contributed by atoms with Crippen molar-refractivity contribution in [1.29, 1.82) is 0 Å². The normalized spacial score (nSPS) is 13.8. The number of hydrogen-bond acceptors (Lipinski definition) is 6. The zero-order chi connectivity index (χ0) is 13.8. The molecule has 100 valence electrons. The maximum absolute atomic E-state index is 11.7. The molecule has 0 fully saturated rings. The Morgan fingerprint density at radius 3 is 2.95 bits per heavy atom. The molecule has 19 heavy (non-hydrogen) atoms. The lowest BCUT2D eigenvalue weighted by Gasteiger charge is -2.08. The summed E-state index contributed by atoms with van der Waals surface area (Å²) >= 11 is 0. The van der Waals surface area contributed by atoms with E-state index in [4.69, 9.17) is 9.47 Å². The van der Waals surface area contributed by atoms with Gasteiger partial charge in [0, 0.05) is 5.56 Å². The van der Waals surface area contributed by atoms with Crippen LogP contribution >= 0.6 is 0 Å². The number of carbonyl (C=O) groups excluding carboxylic acids is 1. The Hall–Kier alpha value is -2.37. The van der Waals surface area contributed by atoms with Crippen molar-refractivity contribution < 1.29 is 19.4 Å². The van der Waals surface area contributed by atoms with Crippen molar-refractivity contribution in [2.45, 2.75) is 13.5 Å². The van der Waals surface area contributed by atoms with Crippen molar-refractivity contribution in [3.63, 3.8) is 0 Å². The first-order valence-corrected chi connectivity index (χ1v) is 5.82. The van der Waals surface area contributed by atoms with Gasteiger partial charge >= 0.3 is 5.97 Å². The second-order valence-corrected chi connectivity index (χ2v) is 3.84. The molecule has 0 spiro atoms. The first-order chi connectivity index (χ1) is 9.17. The lowest BCUT2D eigenvalue weighted by molar-refractivity contribution is -0.138. The Bertz CT molecular complexity index is 564. The summed E-state index contributed by atoms with van der Waals surface area (Å²) in [7, 11) is 1.56. The van der Waals surface area contributed by atoms with Crippen LogP contribution in [0.2, 0.25) is 0 Å². The van der Waals surface area contributed by atoms with Crippen LogP contribution < -0.4 is 4.74 Å². The van der Waals surface area contributed by atoms with Crippen LogP contribution in [-0.2, 0) is 16.1 Å². The van der Waals surface area contributed by atoms with Gasteiger partial charge < -0.3 is 14.6 Å². The number of rotatable bonds is 3. The molecule has 0 atom stereocenters. The van der Waals surface area contributed by atoms with E-state index in [9.17, 15) is 9.90 Å². The zero-order valence-electron chi connectivity index (χ0n) is 10.7. The number of esters is 1. The quantitative estimate of drug-likeness (QED) is 0.848. The number of benzene rings is 1. The van der Waals surface area contributed by atoms with E-state index in [0.717, 1.165) is 5.56 Å². The Morgan fingerprint density at radius 2 is 2.26 bits per heavy atom. The predicted molar refractivity (Wildman–Crippen MR) is 67.7 cm³/mol. The molecule has 0 radical (unpaired) electrons. The van der Waals surface area contributed by atoms with E-state index in [2.05, 4.69) is 10.2 Å². The standard InChI is InChI=1S/C13H14N2O4/c1-3-19-13(17)11-12(16)10-5-4-9(18-2)6-8(10)7-14-15-11/h4-6,16H,3,7H2,1-2H3. The fourth-order valence-corrected chi connectivity index (χ4v) is 1.75. The highest BCUT2D eigenvalue weighted by molar-refractivity contribution is 5.95. The SMILES string of the molecule is CCOC(=O)C1=C(O)c2ccc(OC)cc2CN=N1. The molecule has 1 aliphatic heterocycles. The number of fused-ring (bicyclic) bond motifs is 1. The first-order valence-electron chi connectivity index (χ1n) is 5.82. The van der Waals surface area contributed by atoms with E-state index in [1.54, 1.807) is 32.2 Å². The van der Waals surface area contributed by atoms with Gasteiger partial charge in [-0.05, 0) is 30.7 Å². The summed E-state index contributed by atoms with van der Waals surface area (Å²) in [4.78, 5) is 11.7. The van der Waals surface area contributed by atoms with Crippen LogP contribution in [0.1, 0.15) is 18.1 Å². The molecule has 1 heterocycles. The van der Waals surface area contributed by atoms with Crippen molar-refractivity contribution in [2.24, 2.45) is 10.2 Å². The summed E-state index contributed by atoms with van der Waals surface area (Å²) in [6.45, 7) is 2.16. The molecule has 1 N–H and O–H groups in total. The van der Waals surface area contributed by atoms with Gasteiger partial charge in [-0.3, -0.25) is 0 Å². The van der Waals surface area contributed by atoms with Crippen molar-refractivity contribution in [1.82, 2.24) is 0 Å². The summed E-state index contributed by atoms with van der Waals surface area (Å²) < 4.78 is 9.94. The second kappa shape index (κ2) is 5.51. The molecule has 1 aromatic rings. The minimum Gasteiger partial charge on any atom is -0.505 e. The summed E-state index contributed by atoms with van der Waals surface area (Å²) in [6, 6.07) is 5.11. The number of nitrogens with zero attached hydrogens (tertiary/aromatic N) is 2.